The van der Waals surface area contributed by atoms with Gasteiger partial charge in [0.1, 0.15) is 5.92 Å². The van der Waals surface area contributed by atoms with Crippen LogP contribution in [-0.2, 0) is 9.53 Å². The number of carbonyl (C=O) groups is 2. The Labute approximate surface area is 102 Å². The Morgan fingerprint density at radius 3 is 2.94 bits per heavy atom. The van der Waals surface area contributed by atoms with E-state index in [-0.39, 0.29) is 13.2 Å². The van der Waals surface area contributed by atoms with Crippen LogP contribution in [0.5, 0.6) is 0 Å². The van der Waals surface area contributed by atoms with E-state index < -0.39 is 24.0 Å². The van der Waals surface area contributed by atoms with Gasteiger partial charge in [-0.25, -0.2) is 4.79 Å². The van der Waals surface area contributed by atoms with Crippen molar-refractivity contribution >= 4 is 29.0 Å². The van der Waals surface area contributed by atoms with Crippen LogP contribution < -0.4 is 10.6 Å². The second-order valence-electron chi connectivity index (χ2n) is 3.70. The molecule has 1 aromatic heterocycles. The maximum absolute atomic E-state index is 11.6. The van der Waals surface area contributed by atoms with Gasteiger partial charge in [-0.2, -0.15) is 11.3 Å². The number of carboxylic acid groups (broad SMARTS) is 1. The number of anilines is 1. The van der Waals surface area contributed by atoms with Crippen LogP contribution in [0, 0.1) is 5.92 Å². The molecule has 6 nitrogen and oxygen atoms in total. The summed E-state index contributed by atoms with van der Waals surface area (Å²) in [6, 6.07) is 0.876. The zero-order valence-corrected chi connectivity index (χ0v) is 9.70. The SMILES string of the molecule is O=C(Nc1ccsc1)NC1COCC1C(=O)O. The number of hydrogen-bond acceptors (Lipinski definition) is 4. The fourth-order valence-corrected chi connectivity index (χ4v) is 2.20. The lowest BCUT2D eigenvalue weighted by molar-refractivity contribution is -0.142. The van der Waals surface area contributed by atoms with Crippen LogP contribution in [0.15, 0.2) is 16.8 Å². The zero-order valence-electron chi connectivity index (χ0n) is 8.88. The summed E-state index contributed by atoms with van der Waals surface area (Å²) < 4.78 is 5.05. The van der Waals surface area contributed by atoms with Crippen molar-refractivity contribution in [2.24, 2.45) is 5.92 Å². The Bertz CT molecular complexity index is 406. The summed E-state index contributed by atoms with van der Waals surface area (Å²) in [7, 11) is 0. The lowest BCUT2D eigenvalue weighted by Gasteiger charge is -2.15. The van der Waals surface area contributed by atoms with Crippen molar-refractivity contribution in [2.45, 2.75) is 6.04 Å². The van der Waals surface area contributed by atoms with Gasteiger partial charge in [-0.1, -0.05) is 0 Å². The molecule has 1 aromatic rings. The van der Waals surface area contributed by atoms with Gasteiger partial charge < -0.3 is 20.5 Å². The smallest absolute Gasteiger partial charge is 0.319 e. The van der Waals surface area contributed by atoms with Gasteiger partial charge in [0.15, 0.2) is 0 Å². The summed E-state index contributed by atoms with van der Waals surface area (Å²) in [6.07, 6.45) is 0. The molecule has 0 spiro atoms. The third kappa shape index (κ3) is 2.95. The fraction of sp³-hybridized carbons (Fsp3) is 0.400. The van der Waals surface area contributed by atoms with Crippen molar-refractivity contribution in [1.29, 1.82) is 0 Å². The monoisotopic (exact) mass is 256 g/mol. The molecule has 2 rings (SSSR count). The fourth-order valence-electron chi connectivity index (χ4n) is 1.61. The highest BCUT2D eigenvalue weighted by Crippen LogP contribution is 2.15. The van der Waals surface area contributed by atoms with Gasteiger partial charge >= 0.3 is 12.0 Å². The number of hydrogen-bond donors (Lipinski definition) is 3. The predicted octanol–water partition coefficient (Wildman–Crippen LogP) is 0.969. The number of urea groups is 1. The van der Waals surface area contributed by atoms with E-state index in [9.17, 15) is 9.59 Å². The topological polar surface area (TPSA) is 87.7 Å². The number of thiophene rings is 1. The van der Waals surface area contributed by atoms with Crippen molar-refractivity contribution in [2.75, 3.05) is 18.5 Å². The standard InChI is InChI=1S/C10H12N2O4S/c13-9(14)7-3-16-4-8(7)12-10(15)11-6-1-2-17-5-6/h1-2,5,7-8H,3-4H2,(H,13,14)(H2,11,12,15). The Hall–Kier alpha value is -1.60. The van der Waals surface area contributed by atoms with Crippen LogP contribution >= 0.6 is 11.3 Å². The quantitative estimate of drug-likeness (QED) is 0.752. The average molecular weight is 256 g/mol. The van der Waals surface area contributed by atoms with E-state index in [0.29, 0.717) is 5.69 Å². The number of amides is 2. The summed E-state index contributed by atoms with van der Waals surface area (Å²) >= 11 is 1.47. The molecule has 0 radical (unpaired) electrons. The molecule has 2 heterocycles. The second-order valence-corrected chi connectivity index (χ2v) is 4.48. The normalized spacial score (nSPS) is 23.3. The molecule has 0 aliphatic carbocycles. The number of carboxylic acids is 1. The maximum Gasteiger partial charge on any atom is 0.319 e. The van der Waals surface area contributed by atoms with E-state index in [0.717, 1.165) is 0 Å². The molecule has 1 saturated heterocycles. The minimum absolute atomic E-state index is 0.138. The van der Waals surface area contributed by atoms with E-state index in [1.54, 1.807) is 11.4 Å². The molecule has 1 fully saturated rings. The molecule has 2 unspecified atom stereocenters. The van der Waals surface area contributed by atoms with E-state index in [2.05, 4.69) is 10.6 Å². The molecule has 0 saturated carbocycles. The third-order valence-electron chi connectivity index (χ3n) is 2.49. The summed E-state index contributed by atoms with van der Waals surface area (Å²) in [4.78, 5) is 22.4. The number of nitrogens with one attached hydrogen (secondary N) is 2. The van der Waals surface area contributed by atoms with E-state index in [1.807, 2.05) is 5.38 Å². The molecule has 2 atom stereocenters. The predicted molar refractivity (Wildman–Crippen MR) is 62.2 cm³/mol. The molecule has 3 N–H and O–H groups in total. The zero-order chi connectivity index (χ0) is 12.3. The lowest BCUT2D eigenvalue weighted by Crippen LogP contribution is -2.44. The van der Waals surface area contributed by atoms with Gasteiger partial charge in [-0.3, -0.25) is 4.79 Å². The number of rotatable bonds is 3. The van der Waals surface area contributed by atoms with Crippen LogP contribution in [-0.4, -0.2) is 36.4 Å². The first kappa shape index (κ1) is 11.9. The minimum atomic E-state index is -0.955. The van der Waals surface area contributed by atoms with Crippen molar-refractivity contribution in [1.82, 2.24) is 5.32 Å². The largest absolute Gasteiger partial charge is 0.481 e. The maximum atomic E-state index is 11.6. The van der Waals surface area contributed by atoms with Crippen LogP contribution in [0.4, 0.5) is 10.5 Å². The molecular weight excluding hydrogens is 244 g/mol. The first-order chi connectivity index (χ1) is 8.16. The number of carbonyl (C=O) groups excluding carboxylic acids is 1. The number of aliphatic carboxylic acids is 1. The summed E-state index contributed by atoms with van der Waals surface area (Å²) in [6.45, 7) is 0.368. The lowest BCUT2D eigenvalue weighted by atomic mass is 10.0. The van der Waals surface area contributed by atoms with Crippen LogP contribution in [0.3, 0.4) is 0 Å². The Morgan fingerprint density at radius 2 is 2.29 bits per heavy atom. The molecule has 17 heavy (non-hydrogen) atoms. The van der Waals surface area contributed by atoms with Crippen molar-refractivity contribution in [3.63, 3.8) is 0 Å². The molecule has 0 aromatic carbocycles. The highest BCUT2D eigenvalue weighted by molar-refractivity contribution is 7.08. The Morgan fingerprint density at radius 1 is 1.47 bits per heavy atom. The average Bonchev–Trinajstić information content (AvgIpc) is 2.88. The second kappa shape index (κ2) is 5.15. The van der Waals surface area contributed by atoms with Gasteiger partial charge in [0.25, 0.3) is 0 Å². The van der Waals surface area contributed by atoms with E-state index in [4.69, 9.17) is 9.84 Å². The van der Waals surface area contributed by atoms with E-state index >= 15 is 0 Å². The minimum Gasteiger partial charge on any atom is -0.481 e. The first-order valence-electron chi connectivity index (χ1n) is 5.07. The molecule has 1 aliphatic heterocycles. The van der Waals surface area contributed by atoms with Crippen molar-refractivity contribution in [3.05, 3.63) is 16.8 Å². The van der Waals surface area contributed by atoms with Gasteiger partial charge in [-0.05, 0) is 11.4 Å². The first-order valence-corrected chi connectivity index (χ1v) is 6.01. The molecule has 92 valence electrons. The molecule has 7 heteroatoms. The van der Waals surface area contributed by atoms with E-state index in [1.165, 1.54) is 11.3 Å². The van der Waals surface area contributed by atoms with Crippen molar-refractivity contribution in [3.8, 4) is 0 Å². The molecule has 2 amide bonds. The summed E-state index contributed by atoms with van der Waals surface area (Å²) in [5.74, 6) is -1.63. The summed E-state index contributed by atoms with van der Waals surface area (Å²) in [5.41, 5.74) is 0.693. The Kier molecular flexibility index (Phi) is 3.60. The molecule has 0 bridgehead atoms. The third-order valence-corrected chi connectivity index (χ3v) is 3.18. The highest BCUT2D eigenvalue weighted by atomic mass is 32.1. The molecule has 1 aliphatic rings. The van der Waals surface area contributed by atoms with Gasteiger partial charge in [0, 0.05) is 5.38 Å². The van der Waals surface area contributed by atoms with Gasteiger partial charge in [0.2, 0.25) is 0 Å². The molecular formula is C10H12N2O4S. The van der Waals surface area contributed by atoms with Crippen LogP contribution in [0.25, 0.3) is 0 Å². The van der Waals surface area contributed by atoms with Gasteiger partial charge in [0.05, 0.1) is 24.9 Å². The van der Waals surface area contributed by atoms with Crippen molar-refractivity contribution < 1.29 is 19.4 Å². The Balaban J connectivity index is 1.88. The number of ether oxygens (including phenoxy) is 1. The van der Waals surface area contributed by atoms with Gasteiger partial charge in [-0.15, -0.1) is 0 Å². The summed E-state index contributed by atoms with van der Waals surface area (Å²) in [5, 5.41) is 17.8. The van der Waals surface area contributed by atoms with Crippen LogP contribution in [0.2, 0.25) is 0 Å². The highest BCUT2D eigenvalue weighted by Gasteiger charge is 2.35. The van der Waals surface area contributed by atoms with Crippen LogP contribution in [0.1, 0.15) is 0 Å².